The first-order valence-electron chi connectivity index (χ1n) is 6.50. The second kappa shape index (κ2) is 7.85. The normalized spacial score (nSPS) is 12.1. The number of benzene rings is 1. The summed E-state index contributed by atoms with van der Waals surface area (Å²) in [5.74, 6) is 0.270. The number of para-hydroxylation sites is 2. The molecular weight excluding hydrogens is 441 g/mol. The lowest BCUT2D eigenvalue weighted by Crippen LogP contribution is -2.17. The van der Waals surface area contributed by atoms with Gasteiger partial charge in [0.25, 0.3) is 0 Å². The predicted molar refractivity (Wildman–Crippen MR) is 99.2 cm³/mol. The second-order valence-electron chi connectivity index (χ2n) is 4.36. The molecule has 0 spiro atoms. The van der Waals surface area contributed by atoms with Gasteiger partial charge in [0.15, 0.2) is 11.6 Å². The van der Waals surface area contributed by atoms with Gasteiger partial charge in [0.1, 0.15) is 5.75 Å². The molecule has 0 radical (unpaired) electrons. The van der Waals surface area contributed by atoms with Crippen molar-refractivity contribution in [3.8, 4) is 5.75 Å². The van der Waals surface area contributed by atoms with Gasteiger partial charge in [0, 0.05) is 0 Å². The van der Waals surface area contributed by atoms with E-state index >= 15 is 0 Å². The molecule has 0 unspecified atom stereocenters. The Morgan fingerprint density at radius 1 is 0.917 bits per heavy atom. The summed E-state index contributed by atoms with van der Waals surface area (Å²) in [7, 11) is 0. The number of aromatic nitrogens is 3. The van der Waals surface area contributed by atoms with Crippen molar-refractivity contribution in [3.63, 3.8) is 0 Å². The Bertz CT molecular complexity index is 684. The van der Waals surface area contributed by atoms with Crippen LogP contribution in [-0.4, -0.2) is 21.6 Å². The van der Waals surface area contributed by atoms with E-state index < -0.39 is 7.59 Å². The molecule has 130 valence electrons. The van der Waals surface area contributed by atoms with Gasteiger partial charge in [0.05, 0.1) is 12.3 Å². The molecule has 0 bridgehead atoms. The summed E-state index contributed by atoms with van der Waals surface area (Å²) in [6, 6.07) is 7.17. The van der Waals surface area contributed by atoms with E-state index in [2.05, 4.69) is 20.3 Å². The first-order valence-corrected chi connectivity index (χ1v) is 8.77. The summed E-state index contributed by atoms with van der Waals surface area (Å²) in [4.78, 5) is 12.0. The van der Waals surface area contributed by atoms with Crippen LogP contribution in [0.2, 0.25) is 0 Å². The number of rotatable bonds is 4. The Morgan fingerprint density at radius 3 is 1.96 bits per heavy atom. The van der Waals surface area contributed by atoms with Crippen molar-refractivity contribution < 1.29 is 4.74 Å². The van der Waals surface area contributed by atoms with E-state index in [-0.39, 0.29) is 17.6 Å². The van der Waals surface area contributed by atoms with Crippen molar-refractivity contribution in [1.29, 1.82) is 0 Å². The van der Waals surface area contributed by atoms with Crippen LogP contribution >= 0.6 is 69.6 Å². The molecule has 0 amide bonds. The smallest absolute Gasteiger partial charge is 0.250 e. The number of nitrogens with zero attached hydrogens (tertiary/aromatic N) is 3. The minimum atomic E-state index is -1.91. The van der Waals surface area contributed by atoms with Crippen LogP contribution in [0.3, 0.4) is 0 Å². The van der Waals surface area contributed by atoms with E-state index in [1.165, 1.54) is 0 Å². The van der Waals surface area contributed by atoms with Crippen LogP contribution in [-0.2, 0) is 7.59 Å². The van der Waals surface area contributed by atoms with Crippen molar-refractivity contribution >= 4 is 81.2 Å². The maximum absolute atomic E-state index is 5.83. The van der Waals surface area contributed by atoms with Crippen molar-refractivity contribution in [2.75, 3.05) is 11.9 Å². The van der Waals surface area contributed by atoms with E-state index in [0.717, 1.165) is 0 Å². The maximum atomic E-state index is 5.83. The molecule has 5 nitrogen and oxygen atoms in total. The minimum Gasteiger partial charge on any atom is -0.492 e. The summed E-state index contributed by atoms with van der Waals surface area (Å²) in [6.45, 7) is 2.34. The molecule has 1 aromatic heterocycles. The Balaban J connectivity index is 2.47. The van der Waals surface area contributed by atoms with Gasteiger partial charge in [0.2, 0.25) is 13.5 Å². The molecule has 0 aliphatic rings. The molecule has 0 saturated heterocycles. The summed E-state index contributed by atoms with van der Waals surface area (Å²) >= 11 is 35.0. The lowest BCUT2D eigenvalue weighted by atomic mass is 10.3. The standard InChI is InChI=1S/C13H10Cl6N4O/c1-2-24-8-6-4-3-5-7(8)20-11-22-9(12(14,15)16)21-10(23-11)13(17,18)19/h3-6H,2H2,1H3,(H,20,21,22,23). The van der Waals surface area contributed by atoms with Crippen LogP contribution in [0.4, 0.5) is 11.6 Å². The summed E-state index contributed by atoms with van der Waals surface area (Å²) in [6.07, 6.45) is 0. The summed E-state index contributed by atoms with van der Waals surface area (Å²) in [5, 5.41) is 2.94. The highest BCUT2D eigenvalue weighted by Crippen LogP contribution is 2.40. The molecule has 24 heavy (non-hydrogen) atoms. The Kier molecular flexibility index (Phi) is 6.51. The van der Waals surface area contributed by atoms with Gasteiger partial charge in [-0.05, 0) is 19.1 Å². The molecule has 2 aromatic rings. The highest BCUT2D eigenvalue weighted by molar-refractivity contribution is 6.67. The number of alkyl halides is 6. The lowest BCUT2D eigenvalue weighted by molar-refractivity contribution is 0.342. The van der Waals surface area contributed by atoms with E-state index in [1.54, 1.807) is 18.2 Å². The zero-order valence-electron chi connectivity index (χ0n) is 12.0. The fourth-order valence-corrected chi connectivity index (χ4v) is 2.16. The minimum absolute atomic E-state index is 0.0415. The number of ether oxygens (including phenoxy) is 1. The van der Waals surface area contributed by atoms with Crippen LogP contribution < -0.4 is 10.1 Å². The molecule has 1 heterocycles. The SMILES string of the molecule is CCOc1ccccc1Nc1nc(C(Cl)(Cl)Cl)nc(C(Cl)(Cl)Cl)n1. The largest absolute Gasteiger partial charge is 0.492 e. The van der Waals surface area contributed by atoms with Crippen molar-refractivity contribution in [2.24, 2.45) is 0 Å². The first-order chi connectivity index (χ1) is 11.1. The van der Waals surface area contributed by atoms with E-state index in [9.17, 15) is 0 Å². The van der Waals surface area contributed by atoms with Crippen molar-refractivity contribution in [3.05, 3.63) is 35.9 Å². The number of nitrogens with one attached hydrogen (secondary N) is 1. The lowest BCUT2D eigenvalue weighted by Gasteiger charge is -2.17. The zero-order chi connectivity index (χ0) is 18.0. The van der Waals surface area contributed by atoms with Crippen LogP contribution in [0.25, 0.3) is 0 Å². The predicted octanol–water partition coefficient (Wildman–Crippen LogP) is 5.67. The van der Waals surface area contributed by atoms with Gasteiger partial charge >= 0.3 is 0 Å². The van der Waals surface area contributed by atoms with Gasteiger partial charge < -0.3 is 10.1 Å². The molecular formula is C13H10Cl6N4O. The Morgan fingerprint density at radius 2 is 1.46 bits per heavy atom. The molecule has 0 aliphatic heterocycles. The Labute approximate surface area is 168 Å². The number of anilines is 2. The van der Waals surface area contributed by atoms with Crippen LogP contribution in [0.5, 0.6) is 5.75 Å². The molecule has 0 aliphatic carbocycles. The molecule has 1 aromatic carbocycles. The maximum Gasteiger partial charge on any atom is 0.250 e. The van der Waals surface area contributed by atoms with Gasteiger partial charge in [-0.25, -0.2) is 4.98 Å². The number of hydrogen-bond acceptors (Lipinski definition) is 5. The zero-order valence-corrected chi connectivity index (χ0v) is 16.6. The number of hydrogen-bond donors (Lipinski definition) is 1. The van der Waals surface area contributed by atoms with E-state index in [4.69, 9.17) is 74.3 Å². The van der Waals surface area contributed by atoms with Crippen LogP contribution in [0.1, 0.15) is 18.6 Å². The molecule has 0 fully saturated rings. The van der Waals surface area contributed by atoms with Crippen LogP contribution in [0.15, 0.2) is 24.3 Å². The molecule has 11 heteroatoms. The van der Waals surface area contributed by atoms with Gasteiger partial charge in [-0.15, -0.1) is 0 Å². The van der Waals surface area contributed by atoms with Gasteiger partial charge in [-0.2, -0.15) is 9.97 Å². The molecule has 0 atom stereocenters. The monoisotopic (exact) mass is 448 g/mol. The Hall–Kier alpha value is -0.430. The number of halogens is 6. The highest BCUT2D eigenvalue weighted by atomic mass is 35.6. The summed E-state index contributed by atoms with van der Waals surface area (Å²) < 4.78 is 1.69. The van der Waals surface area contributed by atoms with E-state index in [0.29, 0.717) is 18.0 Å². The topological polar surface area (TPSA) is 59.9 Å². The second-order valence-corrected chi connectivity index (χ2v) is 8.92. The average Bonchev–Trinajstić information content (AvgIpc) is 2.47. The third kappa shape index (κ3) is 5.28. The fraction of sp³-hybridized carbons (Fsp3) is 0.308. The van der Waals surface area contributed by atoms with Gasteiger partial charge in [-0.3, -0.25) is 0 Å². The quantitative estimate of drug-likeness (QED) is 0.608. The van der Waals surface area contributed by atoms with Crippen LogP contribution in [0, 0.1) is 0 Å². The summed E-state index contributed by atoms with van der Waals surface area (Å²) in [5.41, 5.74) is 0.594. The molecule has 1 N–H and O–H groups in total. The molecule has 0 saturated carbocycles. The molecule has 2 rings (SSSR count). The highest BCUT2D eigenvalue weighted by Gasteiger charge is 2.34. The van der Waals surface area contributed by atoms with Crippen molar-refractivity contribution in [2.45, 2.75) is 14.5 Å². The van der Waals surface area contributed by atoms with E-state index in [1.807, 2.05) is 13.0 Å². The fourth-order valence-electron chi connectivity index (χ4n) is 1.66. The average molecular weight is 451 g/mol. The first kappa shape index (κ1) is 19.9. The van der Waals surface area contributed by atoms with Gasteiger partial charge in [-0.1, -0.05) is 81.7 Å². The third-order valence-corrected chi connectivity index (χ3v) is 3.59. The van der Waals surface area contributed by atoms with Crippen molar-refractivity contribution in [1.82, 2.24) is 15.0 Å². The third-order valence-electron chi connectivity index (χ3n) is 2.58.